The molecule has 0 amide bonds. The van der Waals surface area contributed by atoms with Gasteiger partial charge in [0, 0.05) is 0 Å². The Morgan fingerprint density at radius 1 is 0.396 bits per heavy atom. The first-order valence-electron chi connectivity index (χ1n) is 23.0. The zero-order chi connectivity index (χ0) is 35.0. The van der Waals surface area contributed by atoms with E-state index in [2.05, 4.69) is 39.6 Å². The second-order valence-electron chi connectivity index (χ2n) is 16.5. The average molecular weight is 674 g/mol. The smallest absolute Gasteiger partial charge is 0.00489 e. The highest BCUT2D eigenvalue weighted by molar-refractivity contribution is 4.95. The fraction of sp³-hybridized carbons (Fsp3) is 0.957. The summed E-state index contributed by atoms with van der Waals surface area (Å²) in [5.41, 5.74) is 1.51. The normalized spacial score (nSPS) is 12.4. The van der Waals surface area contributed by atoms with Gasteiger partial charge in [-0.15, -0.1) is 0 Å². The molecule has 0 aromatic carbocycles. The predicted octanol–water partition coefficient (Wildman–Crippen LogP) is 16.9. The molecule has 0 saturated heterocycles. The lowest BCUT2D eigenvalue weighted by molar-refractivity contribution is 0.365. The first kappa shape index (κ1) is 47.7. The van der Waals surface area contributed by atoms with Gasteiger partial charge in [0.05, 0.1) is 0 Å². The summed E-state index contributed by atoms with van der Waals surface area (Å²) in [6, 6.07) is 0. The molecule has 0 rings (SSSR count). The Labute approximate surface area is 306 Å². The molecule has 0 radical (unpaired) electrons. The Kier molecular flexibility index (Phi) is 40.9. The minimum Gasteiger partial charge on any atom is -0.317 e. The molecule has 0 spiro atoms. The molecule has 288 valence electrons. The summed E-state index contributed by atoms with van der Waals surface area (Å²) in [5.74, 6) is 1.86. The zero-order valence-corrected chi connectivity index (χ0v) is 34.4. The van der Waals surface area contributed by atoms with Gasteiger partial charge in [-0.1, -0.05) is 245 Å². The quantitative estimate of drug-likeness (QED) is 0.0502. The molecule has 48 heavy (non-hydrogen) atoms. The standard InChI is InChI=1S/C47H95N/c1-6-9-12-15-23-30-37-45(4)44-46(5)38-31-24-22-29-36-43-48-42-35-28-21-19-18-20-27-34-41-47(39-32-25-16-13-10-7-2)40-33-26-17-14-11-8-3/h45,47-48H,5-44H2,1-4H3. The van der Waals surface area contributed by atoms with Crippen molar-refractivity contribution in [2.75, 3.05) is 13.1 Å². The van der Waals surface area contributed by atoms with Gasteiger partial charge < -0.3 is 5.32 Å². The molecule has 0 aromatic heterocycles. The number of nitrogens with one attached hydrogen (secondary N) is 1. The van der Waals surface area contributed by atoms with Gasteiger partial charge in [0.1, 0.15) is 0 Å². The Morgan fingerprint density at radius 3 is 1.10 bits per heavy atom. The van der Waals surface area contributed by atoms with Crippen LogP contribution < -0.4 is 5.32 Å². The van der Waals surface area contributed by atoms with E-state index in [-0.39, 0.29) is 0 Å². The summed E-state index contributed by atoms with van der Waals surface area (Å²) in [6.07, 6.45) is 53.0. The van der Waals surface area contributed by atoms with Crippen LogP contribution in [-0.2, 0) is 0 Å². The second-order valence-corrected chi connectivity index (χ2v) is 16.5. The summed E-state index contributed by atoms with van der Waals surface area (Å²) in [7, 11) is 0. The van der Waals surface area contributed by atoms with E-state index in [0.29, 0.717) is 0 Å². The number of hydrogen-bond acceptors (Lipinski definition) is 1. The Balaban J connectivity index is 3.55. The highest BCUT2D eigenvalue weighted by Gasteiger charge is 2.09. The third-order valence-electron chi connectivity index (χ3n) is 11.2. The average Bonchev–Trinajstić information content (AvgIpc) is 3.08. The van der Waals surface area contributed by atoms with Crippen LogP contribution in [0.2, 0.25) is 0 Å². The maximum absolute atomic E-state index is 4.40. The number of unbranched alkanes of at least 4 members (excludes halogenated alkanes) is 26. The maximum atomic E-state index is 4.40. The summed E-state index contributed by atoms with van der Waals surface area (Å²) in [4.78, 5) is 0. The van der Waals surface area contributed by atoms with Crippen LogP contribution in [0.3, 0.4) is 0 Å². The van der Waals surface area contributed by atoms with Gasteiger partial charge in [0.15, 0.2) is 0 Å². The highest BCUT2D eigenvalue weighted by atomic mass is 14.8. The lowest BCUT2D eigenvalue weighted by atomic mass is 9.89. The van der Waals surface area contributed by atoms with Crippen molar-refractivity contribution in [2.45, 2.75) is 265 Å². The molecule has 0 aliphatic rings. The second kappa shape index (κ2) is 41.1. The highest BCUT2D eigenvalue weighted by Crippen LogP contribution is 2.25. The largest absolute Gasteiger partial charge is 0.317 e. The number of allylic oxidation sites excluding steroid dienone is 1. The minimum absolute atomic E-state index is 0.835. The van der Waals surface area contributed by atoms with E-state index >= 15 is 0 Å². The van der Waals surface area contributed by atoms with Crippen molar-refractivity contribution < 1.29 is 0 Å². The molecule has 1 unspecified atom stereocenters. The van der Waals surface area contributed by atoms with Gasteiger partial charge in [-0.3, -0.25) is 0 Å². The zero-order valence-electron chi connectivity index (χ0n) is 34.4. The summed E-state index contributed by atoms with van der Waals surface area (Å²) < 4.78 is 0. The predicted molar refractivity (Wildman–Crippen MR) is 223 cm³/mol. The van der Waals surface area contributed by atoms with Crippen LogP contribution in [0.1, 0.15) is 265 Å². The Bertz CT molecular complexity index is 580. The van der Waals surface area contributed by atoms with E-state index in [0.717, 1.165) is 11.8 Å². The third kappa shape index (κ3) is 38.5. The van der Waals surface area contributed by atoms with Gasteiger partial charge in [0.25, 0.3) is 0 Å². The van der Waals surface area contributed by atoms with Gasteiger partial charge in [-0.05, 0) is 57.0 Å². The van der Waals surface area contributed by atoms with E-state index in [1.165, 1.54) is 256 Å². The lowest BCUT2D eigenvalue weighted by Gasteiger charge is -2.17. The van der Waals surface area contributed by atoms with Crippen molar-refractivity contribution in [3.63, 3.8) is 0 Å². The fourth-order valence-corrected chi connectivity index (χ4v) is 7.85. The van der Waals surface area contributed by atoms with Crippen LogP contribution >= 0.6 is 0 Å². The molecule has 0 aliphatic heterocycles. The Morgan fingerprint density at radius 2 is 0.708 bits per heavy atom. The molecule has 0 bridgehead atoms. The van der Waals surface area contributed by atoms with Crippen LogP contribution in [0, 0.1) is 11.8 Å². The van der Waals surface area contributed by atoms with Crippen LogP contribution in [0.4, 0.5) is 0 Å². The molecule has 0 aliphatic carbocycles. The molecular formula is C47H95N. The van der Waals surface area contributed by atoms with Crippen LogP contribution in [0.15, 0.2) is 12.2 Å². The van der Waals surface area contributed by atoms with Gasteiger partial charge in [0.2, 0.25) is 0 Å². The molecule has 0 saturated carbocycles. The van der Waals surface area contributed by atoms with E-state index in [9.17, 15) is 0 Å². The summed E-state index contributed by atoms with van der Waals surface area (Å²) in [6.45, 7) is 16.3. The van der Waals surface area contributed by atoms with Crippen LogP contribution in [-0.4, -0.2) is 13.1 Å². The molecule has 0 fully saturated rings. The van der Waals surface area contributed by atoms with Crippen molar-refractivity contribution in [1.29, 1.82) is 0 Å². The van der Waals surface area contributed by atoms with Gasteiger partial charge in [-0.25, -0.2) is 0 Å². The van der Waals surface area contributed by atoms with Crippen molar-refractivity contribution in [3.8, 4) is 0 Å². The monoisotopic (exact) mass is 674 g/mol. The molecule has 0 heterocycles. The van der Waals surface area contributed by atoms with E-state index in [1.54, 1.807) is 0 Å². The van der Waals surface area contributed by atoms with Crippen molar-refractivity contribution in [2.24, 2.45) is 11.8 Å². The summed E-state index contributed by atoms with van der Waals surface area (Å²) >= 11 is 0. The minimum atomic E-state index is 0.835. The van der Waals surface area contributed by atoms with Gasteiger partial charge in [-0.2, -0.15) is 0 Å². The molecule has 1 nitrogen and oxygen atoms in total. The molecule has 1 atom stereocenters. The SMILES string of the molecule is C=C(CCCCCCCNCCCCCCCCCCC(CCCCCCCC)CCCCCCCC)CC(C)CCCCCCCC. The molecule has 1 heteroatoms. The molecule has 0 aromatic rings. The van der Waals surface area contributed by atoms with E-state index in [1.807, 2.05) is 0 Å². The van der Waals surface area contributed by atoms with Crippen molar-refractivity contribution in [3.05, 3.63) is 12.2 Å². The van der Waals surface area contributed by atoms with Crippen LogP contribution in [0.5, 0.6) is 0 Å². The first-order chi connectivity index (χ1) is 23.6. The van der Waals surface area contributed by atoms with Crippen molar-refractivity contribution >= 4 is 0 Å². The number of hydrogen-bond donors (Lipinski definition) is 1. The topological polar surface area (TPSA) is 12.0 Å². The van der Waals surface area contributed by atoms with Gasteiger partial charge >= 0.3 is 0 Å². The third-order valence-corrected chi connectivity index (χ3v) is 11.2. The lowest BCUT2D eigenvalue weighted by Crippen LogP contribution is -2.16. The molecular weight excluding hydrogens is 579 g/mol. The van der Waals surface area contributed by atoms with E-state index < -0.39 is 0 Å². The first-order valence-corrected chi connectivity index (χ1v) is 23.0. The molecule has 1 N–H and O–H groups in total. The summed E-state index contributed by atoms with van der Waals surface area (Å²) in [5, 5.41) is 3.72. The van der Waals surface area contributed by atoms with Crippen molar-refractivity contribution in [1.82, 2.24) is 5.32 Å². The van der Waals surface area contributed by atoms with Crippen LogP contribution in [0.25, 0.3) is 0 Å². The maximum Gasteiger partial charge on any atom is -0.00489 e. The Hall–Kier alpha value is -0.300. The number of rotatable bonds is 42. The fourth-order valence-electron chi connectivity index (χ4n) is 7.85. The van der Waals surface area contributed by atoms with E-state index in [4.69, 9.17) is 0 Å².